The second kappa shape index (κ2) is 7.97. The highest BCUT2D eigenvalue weighted by Gasteiger charge is 2.34. The van der Waals surface area contributed by atoms with Crippen molar-refractivity contribution in [3.8, 4) is 5.75 Å². The number of carbonyl (C=O) groups is 1. The molecule has 1 saturated heterocycles. The fourth-order valence-corrected chi connectivity index (χ4v) is 4.12. The van der Waals surface area contributed by atoms with Crippen LogP contribution >= 0.6 is 0 Å². The van der Waals surface area contributed by atoms with E-state index >= 15 is 0 Å². The van der Waals surface area contributed by atoms with Crippen molar-refractivity contribution < 1.29 is 9.90 Å². The summed E-state index contributed by atoms with van der Waals surface area (Å²) in [6, 6.07) is 15.8. The van der Waals surface area contributed by atoms with Crippen LogP contribution in [0.25, 0.3) is 0 Å². The normalized spacial score (nSPS) is 21.7. The van der Waals surface area contributed by atoms with E-state index in [1.165, 1.54) is 0 Å². The quantitative estimate of drug-likeness (QED) is 0.807. The summed E-state index contributed by atoms with van der Waals surface area (Å²) in [4.78, 5) is 16.1. The number of hydrogen-bond donors (Lipinski definition) is 1. The second-order valence-corrected chi connectivity index (χ2v) is 7.57. The number of hydrogen-bond acceptors (Lipinski definition) is 4. The predicted molar refractivity (Wildman–Crippen MR) is 109 cm³/mol. The molecule has 1 aliphatic heterocycles. The van der Waals surface area contributed by atoms with E-state index in [1.807, 2.05) is 36.4 Å². The summed E-state index contributed by atoms with van der Waals surface area (Å²) in [6.45, 7) is 12.4. The Bertz CT molecular complexity index is 833. The summed E-state index contributed by atoms with van der Waals surface area (Å²) in [5.74, 6) is 0.255. The maximum Gasteiger partial charge on any atom is 0.150 e. The van der Waals surface area contributed by atoms with Crippen LogP contribution in [0.15, 0.2) is 60.8 Å². The molecule has 0 spiro atoms. The molecule has 0 aliphatic carbocycles. The molecule has 0 aromatic heterocycles. The standard InChI is InChI=1S/C23H28N2O2/c1-16(2)24-13-18(4)25(14-17(24)3)23(21-9-6-10-22(27)12-21)20-8-5-7-19(11-20)15-26/h5-12,15,17-18,23,27H,1,13-14H2,2-4H3/t17-,18+,23-/m0/s1. The van der Waals surface area contributed by atoms with E-state index < -0.39 is 0 Å². The van der Waals surface area contributed by atoms with Gasteiger partial charge in [-0.25, -0.2) is 0 Å². The number of piperazine rings is 1. The minimum atomic E-state index is -0.0262. The first-order valence-electron chi connectivity index (χ1n) is 9.42. The van der Waals surface area contributed by atoms with Crippen LogP contribution in [0.1, 0.15) is 48.3 Å². The van der Waals surface area contributed by atoms with Crippen LogP contribution in [0.2, 0.25) is 0 Å². The van der Waals surface area contributed by atoms with E-state index in [0.717, 1.165) is 36.2 Å². The van der Waals surface area contributed by atoms with E-state index in [0.29, 0.717) is 17.6 Å². The molecule has 1 fully saturated rings. The first-order chi connectivity index (χ1) is 12.9. The van der Waals surface area contributed by atoms with Gasteiger partial charge in [-0.1, -0.05) is 36.9 Å². The zero-order chi connectivity index (χ0) is 19.6. The van der Waals surface area contributed by atoms with E-state index in [9.17, 15) is 9.90 Å². The lowest BCUT2D eigenvalue weighted by Crippen LogP contribution is -2.56. The summed E-state index contributed by atoms with van der Waals surface area (Å²) in [5.41, 5.74) is 3.85. The summed E-state index contributed by atoms with van der Waals surface area (Å²) >= 11 is 0. The molecule has 4 heteroatoms. The smallest absolute Gasteiger partial charge is 0.150 e. The molecule has 27 heavy (non-hydrogen) atoms. The molecule has 2 aromatic rings. The molecule has 3 atom stereocenters. The van der Waals surface area contributed by atoms with Gasteiger partial charge in [0.05, 0.1) is 6.04 Å². The molecule has 4 nitrogen and oxygen atoms in total. The Morgan fingerprint density at radius 2 is 1.78 bits per heavy atom. The highest BCUT2D eigenvalue weighted by atomic mass is 16.3. The van der Waals surface area contributed by atoms with E-state index in [2.05, 4.69) is 43.2 Å². The lowest BCUT2D eigenvalue weighted by molar-refractivity contribution is 0.0435. The Hall–Kier alpha value is -2.59. The van der Waals surface area contributed by atoms with Crippen molar-refractivity contribution in [2.24, 2.45) is 0 Å². The first-order valence-corrected chi connectivity index (χ1v) is 9.42. The van der Waals surface area contributed by atoms with Gasteiger partial charge in [0.2, 0.25) is 0 Å². The number of carbonyl (C=O) groups excluding carboxylic acids is 1. The Balaban J connectivity index is 2.04. The zero-order valence-electron chi connectivity index (χ0n) is 16.3. The Morgan fingerprint density at radius 3 is 2.41 bits per heavy atom. The average Bonchev–Trinajstić information content (AvgIpc) is 2.64. The fraction of sp³-hybridized carbons (Fsp3) is 0.348. The average molecular weight is 364 g/mol. The molecule has 1 heterocycles. The number of aldehydes is 1. The summed E-state index contributed by atoms with van der Waals surface area (Å²) in [5, 5.41) is 10.0. The summed E-state index contributed by atoms with van der Waals surface area (Å²) in [6.07, 6.45) is 0.883. The third-order valence-corrected chi connectivity index (χ3v) is 5.40. The minimum absolute atomic E-state index is 0.0262. The first kappa shape index (κ1) is 19.2. The van der Waals surface area contributed by atoms with Crippen molar-refractivity contribution in [3.63, 3.8) is 0 Å². The molecule has 142 valence electrons. The maximum atomic E-state index is 11.3. The zero-order valence-corrected chi connectivity index (χ0v) is 16.3. The van der Waals surface area contributed by atoms with Gasteiger partial charge in [0.25, 0.3) is 0 Å². The van der Waals surface area contributed by atoms with Crippen LogP contribution in [0, 0.1) is 0 Å². The lowest BCUT2D eigenvalue weighted by atomic mass is 9.92. The van der Waals surface area contributed by atoms with Crippen molar-refractivity contribution in [1.82, 2.24) is 9.80 Å². The Labute approximate surface area is 161 Å². The SMILES string of the molecule is C=C(C)N1C[C@@H](C)N([C@H](c2cccc(O)c2)c2cccc(C=O)c2)C[C@@H]1C. The number of benzene rings is 2. The van der Waals surface area contributed by atoms with Gasteiger partial charge in [0, 0.05) is 36.4 Å². The Morgan fingerprint density at radius 1 is 1.11 bits per heavy atom. The molecule has 0 radical (unpaired) electrons. The van der Waals surface area contributed by atoms with Gasteiger partial charge < -0.3 is 10.0 Å². The molecular weight excluding hydrogens is 336 g/mol. The minimum Gasteiger partial charge on any atom is -0.508 e. The molecule has 0 bridgehead atoms. The van der Waals surface area contributed by atoms with Gasteiger partial charge in [-0.3, -0.25) is 9.69 Å². The highest BCUT2D eigenvalue weighted by molar-refractivity contribution is 5.75. The van der Waals surface area contributed by atoms with Crippen molar-refractivity contribution in [1.29, 1.82) is 0 Å². The van der Waals surface area contributed by atoms with Crippen LogP contribution in [-0.4, -0.2) is 46.4 Å². The van der Waals surface area contributed by atoms with Crippen LogP contribution < -0.4 is 0 Å². The number of rotatable bonds is 5. The van der Waals surface area contributed by atoms with Gasteiger partial charge in [-0.2, -0.15) is 0 Å². The molecule has 3 rings (SSSR count). The molecule has 0 unspecified atom stereocenters. The van der Waals surface area contributed by atoms with Gasteiger partial charge in [0.1, 0.15) is 12.0 Å². The fourth-order valence-electron chi connectivity index (χ4n) is 4.12. The van der Waals surface area contributed by atoms with E-state index in [4.69, 9.17) is 0 Å². The van der Waals surface area contributed by atoms with Crippen molar-refractivity contribution >= 4 is 6.29 Å². The number of phenols is 1. The molecular formula is C23H28N2O2. The predicted octanol–water partition coefficient (Wildman–Crippen LogP) is 4.22. The molecule has 0 saturated carbocycles. The second-order valence-electron chi connectivity index (χ2n) is 7.57. The number of aromatic hydroxyl groups is 1. The van der Waals surface area contributed by atoms with E-state index in [1.54, 1.807) is 6.07 Å². The maximum absolute atomic E-state index is 11.3. The topological polar surface area (TPSA) is 43.8 Å². The molecule has 0 amide bonds. The van der Waals surface area contributed by atoms with Crippen LogP contribution in [0.5, 0.6) is 5.75 Å². The van der Waals surface area contributed by atoms with Gasteiger partial charge >= 0.3 is 0 Å². The van der Waals surface area contributed by atoms with Gasteiger partial charge in [-0.05, 0) is 50.1 Å². The summed E-state index contributed by atoms with van der Waals surface area (Å²) in [7, 11) is 0. The number of allylic oxidation sites excluding steroid dienone is 1. The number of phenolic OH excluding ortho intramolecular Hbond substituents is 1. The Kier molecular flexibility index (Phi) is 5.66. The molecule has 1 N–H and O–H groups in total. The van der Waals surface area contributed by atoms with Crippen LogP contribution in [-0.2, 0) is 0 Å². The largest absolute Gasteiger partial charge is 0.508 e. The third kappa shape index (κ3) is 4.06. The lowest BCUT2D eigenvalue weighted by Gasteiger charge is -2.48. The number of nitrogens with zero attached hydrogens (tertiary/aromatic N) is 2. The van der Waals surface area contributed by atoms with E-state index in [-0.39, 0.29) is 11.8 Å². The highest BCUT2D eigenvalue weighted by Crippen LogP contribution is 2.35. The van der Waals surface area contributed by atoms with Crippen molar-refractivity contribution in [2.45, 2.75) is 38.9 Å². The van der Waals surface area contributed by atoms with Crippen LogP contribution in [0.4, 0.5) is 0 Å². The summed E-state index contributed by atoms with van der Waals surface area (Å²) < 4.78 is 0. The third-order valence-electron chi connectivity index (χ3n) is 5.40. The molecule has 1 aliphatic rings. The van der Waals surface area contributed by atoms with Crippen LogP contribution in [0.3, 0.4) is 0 Å². The molecule has 2 aromatic carbocycles. The van der Waals surface area contributed by atoms with Crippen molar-refractivity contribution in [3.05, 3.63) is 77.5 Å². The monoisotopic (exact) mass is 364 g/mol. The van der Waals surface area contributed by atoms with Gasteiger partial charge in [-0.15, -0.1) is 0 Å². The van der Waals surface area contributed by atoms with Crippen molar-refractivity contribution in [2.75, 3.05) is 13.1 Å². The van der Waals surface area contributed by atoms with Gasteiger partial charge in [0.15, 0.2) is 0 Å².